The maximum atomic E-state index is 12.4. The molecule has 0 aromatic heterocycles. The lowest BCUT2D eigenvalue weighted by Crippen LogP contribution is -2.53. The van der Waals surface area contributed by atoms with E-state index in [0.717, 1.165) is 12.0 Å². The van der Waals surface area contributed by atoms with Crippen LogP contribution in [-0.4, -0.2) is 67.3 Å². The number of hydrogen-bond acceptors (Lipinski definition) is 4. The van der Waals surface area contributed by atoms with Crippen LogP contribution < -0.4 is 0 Å². The number of sulfonamides is 1. The third kappa shape index (κ3) is 4.52. The Morgan fingerprint density at radius 3 is 2.32 bits per heavy atom. The van der Waals surface area contributed by atoms with Gasteiger partial charge in [0.2, 0.25) is 10.0 Å². The van der Waals surface area contributed by atoms with Crippen LogP contribution in [0.3, 0.4) is 0 Å². The molecule has 1 saturated heterocycles. The highest BCUT2D eigenvalue weighted by atomic mass is 32.2. The third-order valence-electron chi connectivity index (χ3n) is 4.36. The highest BCUT2D eigenvalue weighted by Crippen LogP contribution is 2.13. The van der Waals surface area contributed by atoms with E-state index in [-0.39, 0.29) is 18.4 Å². The minimum atomic E-state index is -3.20. The summed E-state index contributed by atoms with van der Waals surface area (Å²) in [6, 6.07) is 9.86. The molecule has 22 heavy (non-hydrogen) atoms. The van der Waals surface area contributed by atoms with Gasteiger partial charge in [-0.05, 0) is 18.4 Å². The molecule has 1 aromatic rings. The summed E-state index contributed by atoms with van der Waals surface area (Å²) in [5.74, 6) is 0.161. The van der Waals surface area contributed by atoms with Gasteiger partial charge >= 0.3 is 0 Å². The lowest BCUT2D eigenvalue weighted by Gasteiger charge is -2.37. The molecule has 1 atom stereocenters. The van der Waals surface area contributed by atoms with Crippen molar-refractivity contribution in [3.8, 4) is 0 Å². The van der Waals surface area contributed by atoms with Crippen molar-refractivity contribution in [1.82, 2.24) is 9.21 Å². The number of nitrogens with zero attached hydrogens (tertiary/aromatic N) is 2. The second-order valence-electron chi connectivity index (χ2n) is 5.73. The number of rotatable bonds is 7. The number of hydrogen-bond donors (Lipinski definition) is 1. The Hall–Kier alpha value is -0.950. The zero-order chi connectivity index (χ0) is 16.0. The molecule has 5 nitrogen and oxygen atoms in total. The second-order valence-corrected chi connectivity index (χ2v) is 7.82. The van der Waals surface area contributed by atoms with Crippen molar-refractivity contribution in [1.29, 1.82) is 0 Å². The molecule has 1 aliphatic heterocycles. The molecule has 6 heteroatoms. The number of benzene rings is 1. The Balaban J connectivity index is 1.87. The minimum Gasteiger partial charge on any atom is -0.395 e. The first-order chi connectivity index (χ1) is 10.6. The van der Waals surface area contributed by atoms with Crippen molar-refractivity contribution in [2.24, 2.45) is 0 Å². The first-order valence-corrected chi connectivity index (χ1v) is 9.54. The van der Waals surface area contributed by atoms with Crippen molar-refractivity contribution in [2.75, 3.05) is 38.5 Å². The van der Waals surface area contributed by atoms with Crippen LogP contribution in [0.1, 0.15) is 18.9 Å². The normalized spacial score (nSPS) is 19.2. The lowest BCUT2D eigenvalue weighted by molar-refractivity contribution is 0.0881. The monoisotopic (exact) mass is 326 g/mol. The van der Waals surface area contributed by atoms with E-state index in [9.17, 15) is 13.5 Å². The first-order valence-electron chi connectivity index (χ1n) is 7.93. The van der Waals surface area contributed by atoms with Gasteiger partial charge in [-0.2, -0.15) is 4.31 Å². The Kier molecular flexibility index (Phi) is 6.37. The SMILES string of the molecule is CCC(CO)N1CCN(S(=O)(=O)CCc2ccccc2)CC1. The van der Waals surface area contributed by atoms with E-state index in [1.54, 1.807) is 4.31 Å². The molecular formula is C16H26N2O3S. The topological polar surface area (TPSA) is 60.9 Å². The molecule has 0 spiro atoms. The van der Waals surface area contributed by atoms with Crippen molar-refractivity contribution >= 4 is 10.0 Å². The summed E-state index contributed by atoms with van der Waals surface area (Å²) in [6.45, 7) is 4.62. The molecular weight excluding hydrogens is 300 g/mol. The Labute approximate surface area is 133 Å². The molecule has 1 N–H and O–H groups in total. The van der Waals surface area contributed by atoms with Gasteiger partial charge in [-0.25, -0.2) is 8.42 Å². The largest absolute Gasteiger partial charge is 0.395 e. The van der Waals surface area contributed by atoms with Gasteiger partial charge < -0.3 is 5.11 Å². The lowest BCUT2D eigenvalue weighted by atomic mass is 10.2. The summed E-state index contributed by atoms with van der Waals surface area (Å²) in [5, 5.41) is 9.34. The average Bonchev–Trinajstić information content (AvgIpc) is 2.56. The number of aryl methyl sites for hydroxylation is 1. The molecule has 1 aromatic carbocycles. The van der Waals surface area contributed by atoms with E-state index in [4.69, 9.17) is 0 Å². The van der Waals surface area contributed by atoms with Gasteiger partial charge in [-0.1, -0.05) is 37.3 Å². The third-order valence-corrected chi connectivity index (χ3v) is 6.23. The average molecular weight is 326 g/mol. The summed E-state index contributed by atoms with van der Waals surface area (Å²) < 4.78 is 26.5. The van der Waals surface area contributed by atoms with Gasteiger partial charge in [-0.15, -0.1) is 0 Å². The predicted molar refractivity (Wildman–Crippen MR) is 88.2 cm³/mol. The van der Waals surface area contributed by atoms with Gasteiger partial charge in [0.25, 0.3) is 0 Å². The van der Waals surface area contributed by atoms with E-state index in [0.29, 0.717) is 32.6 Å². The summed E-state index contributed by atoms with van der Waals surface area (Å²) in [6.07, 6.45) is 1.44. The Morgan fingerprint density at radius 1 is 1.14 bits per heavy atom. The maximum absolute atomic E-state index is 12.4. The quantitative estimate of drug-likeness (QED) is 0.810. The molecule has 1 aliphatic rings. The standard InChI is InChI=1S/C16H26N2O3S/c1-2-16(14-19)17-9-11-18(12-10-17)22(20,21)13-8-15-6-4-3-5-7-15/h3-7,16,19H,2,8-14H2,1H3. The molecule has 1 fully saturated rings. The van der Waals surface area contributed by atoms with Crippen molar-refractivity contribution in [3.63, 3.8) is 0 Å². The van der Waals surface area contributed by atoms with Crippen LogP contribution in [0.25, 0.3) is 0 Å². The molecule has 0 radical (unpaired) electrons. The molecule has 2 rings (SSSR count). The molecule has 124 valence electrons. The minimum absolute atomic E-state index is 0.136. The second kappa shape index (κ2) is 8.06. The summed E-state index contributed by atoms with van der Waals surface area (Å²) in [7, 11) is -3.20. The van der Waals surface area contributed by atoms with E-state index in [1.165, 1.54) is 0 Å². The van der Waals surface area contributed by atoms with Gasteiger partial charge in [0.05, 0.1) is 12.4 Å². The summed E-state index contributed by atoms with van der Waals surface area (Å²) >= 11 is 0. The van der Waals surface area contributed by atoms with Crippen molar-refractivity contribution in [2.45, 2.75) is 25.8 Å². The van der Waals surface area contributed by atoms with Crippen molar-refractivity contribution in [3.05, 3.63) is 35.9 Å². The van der Waals surface area contributed by atoms with Gasteiger partial charge in [-0.3, -0.25) is 4.90 Å². The summed E-state index contributed by atoms with van der Waals surface area (Å²) in [5.41, 5.74) is 1.05. The zero-order valence-corrected chi connectivity index (χ0v) is 14.0. The zero-order valence-electron chi connectivity index (χ0n) is 13.2. The fourth-order valence-corrected chi connectivity index (χ4v) is 4.34. The molecule has 1 heterocycles. The molecule has 0 bridgehead atoms. The first kappa shape index (κ1) is 17.4. The molecule has 1 unspecified atom stereocenters. The number of aliphatic hydroxyl groups excluding tert-OH is 1. The highest BCUT2D eigenvalue weighted by Gasteiger charge is 2.28. The van der Waals surface area contributed by atoms with E-state index >= 15 is 0 Å². The van der Waals surface area contributed by atoms with E-state index < -0.39 is 10.0 Å². The van der Waals surface area contributed by atoms with E-state index in [1.807, 2.05) is 37.3 Å². The van der Waals surface area contributed by atoms with Crippen molar-refractivity contribution < 1.29 is 13.5 Å². The molecule has 0 aliphatic carbocycles. The fraction of sp³-hybridized carbons (Fsp3) is 0.625. The van der Waals surface area contributed by atoms with Crippen LogP contribution in [-0.2, 0) is 16.4 Å². The Bertz CT molecular complexity index is 536. The number of aliphatic hydroxyl groups is 1. The van der Waals surface area contributed by atoms with Crippen LogP contribution in [0.2, 0.25) is 0 Å². The highest BCUT2D eigenvalue weighted by molar-refractivity contribution is 7.89. The Morgan fingerprint density at radius 2 is 1.77 bits per heavy atom. The van der Waals surface area contributed by atoms with E-state index in [2.05, 4.69) is 4.90 Å². The maximum Gasteiger partial charge on any atom is 0.214 e. The van der Waals surface area contributed by atoms with Crippen LogP contribution in [0.4, 0.5) is 0 Å². The van der Waals surface area contributed by atoms with Gasteiger partial charge in [0.1, 0.15) is 0 Å². The van der Waals surface area contributed by atoms with Crippen LogP contribution in [0.5, 0.6) is 0 Å². The van der Waals surface area contributed by atoms with Crippen LogP contribution in [0.15, 0.2) is 30.3 Å². The molecule has 0 saturated carbocycles. The summed E-state index contributed by atoms with van der Waals surface area (Å²) in [4.78, 5) is 2.18. The van der Waals surface area contributed by atoms with Gasteiger partial charge in [0, 0.05) is 32.2 Å². The smallest absolute Gasteiger partial charge is 0.214 e. The van der Waals surface area contributed by atoms with Crippen LogP contribution >= 0.6 is 0 Å². The molecule has 0 amide bonds. The van der Waals surface area contributed by atoms with Gasteiger partial charge in [0.15, 0.2) is 0 Å². The van der Waals surface area contributed by atoms with Crippen LogP contribution in [0, 0.1) is 0 Å². The number of piperazine rings is 1. The fourth-order valence-electron chi connectivity index (χ4n) is 2.87. The predicted octanol–water partition coefficient (Wildman–Crippen LogP) is 0.947.